The molecule has 3 rings (SSSR count). The SMILES string of the molecule is C/C(=C1\OC(C(C)C)=CC1=O)C(c1ccccc1)c1ccccc1. The van der Waals surface area contributed by atoms with Crippen molar-refractivity contribution in [1.29, 1.82) is 0 Å². The second kappa shape index (κ2) is 6.88. The largest absolute Gasteiger partial charge is 0.457 e. The Kier molecular flexibility index (Phi) is 4.66. The Morgan fingerprint density at radius 1 is 0.875 bits per heavy atom. The third-order valence-corrected chi connectivity index (χ3v) is 4.34. The fraction of sp³-hybridized carbons (Fsp3) is 0.227. The quantitative estimate of drug-likeness (QED) is 0.721. The van der Waals surface area contributed by atoms with E-state index in [1.807, 2.05) is 57.2 Å². The third-order valence-electron chi connectivity index (χ3n) is 4.34. The Labute approximate surface area is 143 Å². The van der Waals surface area contributed by atoms with Crippen LogP contribution in [-0.4, -0.2) is 5.78 Å². The highest BCUT2D eigenvalue weighted by Crippen LogP contribution is 2.36. The predicted molar refractivity (Wildman–Crippen MR) is 96.4 cm³/mol. The number of ketones is 1. The lowest BCUT2D eigenvalue weighted by Crippen LogP contribution is -2.09. The van der Waals surface area contributed by atoms with E-state index in [0.717, 1.165) is 22.5 Å². The van der Waals surface area contributed by atoms with Crippen LogP contribution in [0.15, 0.2) is 83.8 Å². The van der Waals surface area contributed by atoms with Crippen molar-refractivity contribution in [3.05, 3.63) is 95.0 Å². The van der Waals surface area contributed by atoms with Gasteiger partial charge in [0, 0.05) is 17.9 Å². The molecule has 2 heteroatoms. The number of hydrogen-bond donors (Lipinski definition) is 0. The fourth-order valence-electron chi connectivity index (χ4n) is 3.07. The van der Waals surface area contributed by atoms with Gasteiger partial charge in [-0.1, -0.05) is 74.5 Å². The highest BCUT2D eigenvalue weighted by molar-refractivity contribution is 6.05. The van der Waals surface area contributed by atoms with E-state index in [4.69, 9.17) is 4.74 Å². The van der Waals surface area contributed by atoms with Crippen LogP contribution in [0.3, 0.4) is 0 Å². The summed E-state index contributed by atoms with van der Waals surface area (Å²) in [5.41, 5.74) is 3.26. The molecule has 0 bridgehead atoms. The third kappa shape index (κ3) is 3.18. The molecule has 0 fully saturated rings. The van der Waals surface area contributed by atoms with Crippen molar-refractivity contribution in [2.24, 2.45) is 5.92 Å². The van der Waals surface area contributed by atoms with Gasteiger partial charge < -0.3 is 4.74 Å². The van der Waals surface area contributed by atoms with E-state index in [0.29, 0.717) is 5.76 Å². The van der Waals surface area contributed by atoms with Gasteiger partial charge in [0.1, 0.15) is 5.76 Å². The molecule has 0 radical (unpaired) electrons. The summed E-state index contributed by atoms with van der Waals surface area (Å²) < 4.78 is 5.91. The van der Waals surface area contributed by atoms with E-state index in [1.165, 1.54) is 0 Å². The number of carbonyl (C=O) groups is 1. The number of rotatable bonds is 4. The molecule has 0 saturated carbocycles. The van der Waals surface area contributed by atoms with Gasteiger partial charge in [0.25, 0.3) is 0 Å². The van der Waals surface area contributed by atoms with Gasteiger partial charge >= 0.3 is 0 Å². The van der Waals surface area contributed by atoms with Crippen LogP contribution in [0.25, 0.3) is 0 Å². The van der Waals surface area contributed by atoms with Crippen LogP contribution < -0.4 is 0 Å². The van der Waals surface area contributed by atoms with Gasteiger partial charge in [-0.3, -0.25) is 4.79 Å². The van der Waals surface area contributed by atoms with Crippen LogP contribution in [0.5, 0.6) is 0 Å². The normalized spacial score (nSPS) is 16.4. The highest BCUT2D eigenvalue weighted by Gasteiger charge is 2.28. The van der Waals surface area contributed by atoms with Crippen LogP contribution in [0.1, 0.15) is 37.8 Å². The first-order valence-corrected chi connectivity index (χ1v) is 8.32. The van der Waals surface area contributed by atoms with Gasteiger partial charge in [-0.15, -0.1) is 0 Å². The highest BCUT2D eigenvalue weighted by atomic mass is 16.5. The molecule has 0 aromatic heterocycles. The molecule has 2 aromatic rings. The maximum absolute atomic E-state index is 12.4. The molecule has 2 nitrogen and oxygen atoms in total. The number of carbonyl (C=O) groups excluding carboxylic acids is 1. The molecule has 1 aliphatic rings. The van der Waals surface area contributed by atoms with Crippen LogP contribution in [-0.2, 0) is 9.53 Å². The minimum Gasteiger partial charge on any atom is -0.457 e. The van der Waals surface area contributed by atoms with Gasteiger partial charge in [0.2, 0.25) is 5.78 Å². The standard InChI is InChI=1S/C22H22O2/c1-15(2)20-14-19(23)22(24-20)16(3)21(17-10-6-4-7-11-17)18-12-8-5-9-13-18/h4-15,21H,1-3H3/b22-16+. The summed E-state index contributed by atoms with van der Waals surface area (Å²) in [6.07, 6.45) is 1.62. The lowest BCUT2D eigenvalue weighted by molar-refractivity contribution is -0.112. The molecule has 0 amide bonds. The van der Waals surface area contributed by atoms with Crippen molar-refractivity contribution < 1.29 is 9.53 Å². The molecule has 0 aliphatic carbocycles. The second-order valence-corrected chi connectivity index (χ2v) is 6.43. The molecular weight excluding hydrogens is 296 g/mol. The fourth-order valence-corrected chi connectivity index (χ4v) is 3.07. The van der Waals surface area contributed by atoms with Crippen LogP contribution in [0.4, 0.5) is 0 Å². The molecule has 1 aliphatic heterocycles. The summed E-state index contributed by atoms with van der Waals surface area (Å²) in [5, 5.41) is 0. The van der Waals surface area contributed by atoms with Crippen LogP contribution in [0, 0.1) is 5.92 Å². The first-order chi connectivity index (χ1) is 11.6. The molecule has 122 valence electrons. The van der Waals surface area contributed by atoms with Crippen molar-refractivity contribution in [1.82, 2.24) is 0 Å². The van der Waals surface area contributed by atoms with Gasteiger partial charge in [-0.2, -0.15) is 0 Å². The average Bonchev–Trinajstić information content (AvgIpc) is 2.99. The van der Waals surface area contributed by atoms with Gasteiger partial charge in [-0.05, 0) is 23.6 Å². The van der Waals surface area contributed by atoms with Crippen LogP contribution in [0.2, 0.25) is 0 Å². The maximum atomic E-state index is 12.4. The Hall–Kier alpha value is -2.61. The summed E-state index contributed by atoms with van der Waals surface area (Å²) in [6.45, 7) is 6.06. The smallest absolute Gasteiger partial charge is 0.224 e. The van der Waals surface area contributed by atoms with Crippen molar-refractivity contribution in [2.45, 2.75) is 26.7 Å². The summed E-state index contributed by atoms with van der Waals surface area (Å²) in [6, 6.07) is 20.5. The zero-order valence-corrected chi connectivity index (χ0v) is 14.3. The monoisotopic (exact) mass is 318 g/mol. The van der Waals surface area contributed by atoms with Crippen molar-refractivity contribution in [3.63, 3.8) is 0 Å². The molecule has 24 heavy (non-hydrogen) atoms. The van der Waals surface area contributed by atoms with E-state index in [2.05, 4.69) is 24.3 Å². The second-order valence-electron chi connectivity index (χ2n) is 6.43. The summed E-state index contributed by atoms with van der Waals surface area (Å²) in [4.78, 5) is 12.4. The maximum Gasteiger partial charge on any atom is 0.224 e. The molecule has 0 spiro atoms. The van der Waals surface area contributed by atoms with E-state index in [1.54, 1.807) is 6.08 Å². The number of allylic oxidation sites excluding steroid dienone is 3. The summed E-state index contributed by atoms with van der Waals surface area (Å²) in [5.74, 6) is 1.39. The Bertz CT molecular complexity index is 744. The summed E-state index contributed by atoms with van der Waals surface area (Å²) in [7, 11) is 0. The van der Waals surface area contributed by atoms with Gasteiger partial charge in [0.05, 0.1) is 0 Å². The Balaban J connectivity index is 2.07. The molecule has 0 unspecified atom stereocenters. The van der Waals surface area contributed by atoms with E-state index >= 15 is 0 Å². The zero-order chi connectivity index (χ0) is 17.1. The van der Waals surface area contributed by atoms with Gasteiger partial charge in [0.15, 0.2) is 5.76 Å². The number of hydrogen-bond acceptors (Lipinski definition) is 2. The molecular formula is C22H22O2. The van der Waals surface area contributed by atoms with E-state index < -0.39 is 0 Å². The molecule has 2 aromatic carbocycles. The molecule has 0 saturated heterocycles. The molecule has 0 atom stereocenters. The van der Waals surface area contributed by atoms with Crippen molar-refractivity contribution in [2.75, 3.05) is 0 Å². The average molecular weight is 318 g/mol. The summed E-state index contributed by atoms with van der Waals surface area (Å²) >= 11 is 0. The molecule has 1 heterocycles. The van der Waals surface area contributed by atoms with Crippen LogP contribution >= 0.6 is 0 Å². The predicted octanol–water partition coefficient (Wildman–Crippen LogP) is 5.23. The van der Waals surface area contributed by atoms with E-state index in [-0.39, 0.29) is 17.6 Å². The Morgan fingerprint density at radius 2 is 1.38 bits per heavy atom. The first-order valence-electron chi connectivity index (χ1n) is 8.32. The molecule has 0 N–H and O–H groups in total. The number of ether oxygens (including phenoxy) is 1. The van der Waals surface area contributed by atoms with Crippen molar-refractivity contribution >= 4 is 5.78 Å². The van der Waals surface area contributed by atoms with Crippen molar-refractivity contribution in [3.8, 4) is 0 Å². The lowest BCUT2D eigenvalue weighted by atomic mass is 9.84. The number of benzene rings is 2. The Morgan fingerprint density at radius 3 is 1.79 bits per heavy atom. The zero-order valence-electron chi connectivity index (χ0n) is 14.3. The lowest BCUT2D eigenvalue weighted by Gasteiger charge is -2.21. The topological polar surface area (TPSA) is 26.3 Å². The van der Waals surface area contributed by atoms with E-state index in [9.17, 15) is 4.79 Å². The first kappa shape index (κ1) is 16.3. The minimum absolute atomic E-state index is 0.00580. The van der Waals surface area contributed by atoms with Gasteiger partial charge in [-0.25, -0.2) is 0 Å². The minimum atomic E-state index is -0.0342.